The number of aryl methyl sites for hydroxylation is 1. The van der Waals surface area contributed by atoms with Crippen molar-refractivity contribution in [2.75, 3.05) is 0 Å². The number of fused-ring (bicyclic) bond motifs is 2. The molecule has 5 aromatic rings. The molecule has 0 bridgehead atoms. The van der Waals surface area contributed by atoms with Crippen molar-refractivity contribution >= 4 is 33.1 Å². The Kier molecular flexibility index (Phi) is 3.28. The van der Waals surface area contributed by atoms with E-state index >= 15 is 0 Å². The summed E-state index contributed by atoms with van der Waals surface area (Å²) in [6.45, 7) is 2.18. The van der Waals surface area contributed by atoms with Gasteiger partial charge in [-0.25, -0.2) is 0 Å². The zero-order chi connectivity index (χ0) is 16.8. The standard InChI is InChI=1S/C22H18N2S/c1-14-10-11-21(25-14)22(17-12-23-19-8-4-2-6-15(17)19)18-13-24-20-9-5-3-7-16(18)20/h2-13,22-24H,1H3. The van der Waals surface area contributed by atoms with E-state index in [2.05, 4.69) is 89.9 Å². The van der Waals surface area contributed by atoms with Gasteiger partial charge in [-0.15, -0.1) is 11.3 Å². The number of thiophene rings is 1. The predicted molar refractivity (Wildman–Crippen MR) is 107 cm³/mol. The van der Waals surface area contributed by atoms with Gasteiger partial charge in [-0.1, -0.05) is 36.4 Å². The van der Waals surface area contributed by atoms with Crippen LogP contribution in [0.2, 0.25) is 0 Å². The summed E-state index contributed by atoms with van der Waals surface area (Å²) < 4.78 is 0. The van der Waals surface area contributed by atoms with Crippen molar-refractivity contribution in [2.45, 2.75) is 12.8 Å². The molecular formula is C22H18N2S. The van der Waals surface area contributed by atoms with Gasteiger partial charge < -0.3 is 9.97 Å². The molecule has 0 atom stereocenters. The number of benzene rings is 2. The van der Waals surface area contributed by atoms with Crippen molar-refractivity contribution in [1.82, 2.24) is 9.97 Å². The van der Waals surface area contributed by atoms with Crippen molar-refractivity contribution in [3.05, 3.63) is 93.9 Å². The molecule has 0 aliphatic heterocycles. The molecule has 0 amide bonds. The highest BCUT2D eigenvalue weighted by Gasteiger charge is 2.24. The monoisotopic (exact) mass is 342 g/mol. The van der Waals surface area contributed by atoms with Crippen molar-refractivity contribution < 1.29 is 0 Å². The van der Waals surface area contributed by atoms with E-state index in [1.807, 2.05) is 11.3 Å². The smallest absolute Gasteiger partial charge is 0.0476 e. The third kappa shape index (κ3) is 2.31. The zero-order valence-electron chi connectivity index (χ0n) is 13.9. The molecule has 0 unspecified atom stereocenters. The molecule has 0 radical (unpaired) electrons. The Labute approximate surface area is 150 Å². The molecular weight excluding hydrogens is 324 g/mol. The Balaban J connectivity index is 1.80. The fourth-order valence-electron chi connectivity index (χ4n) is 3.75. The molecule has 0 saturated heterocycles. The van der Waals surface area contributed by atoms with Crippen LogP contribution in [0.1, 0.15) is 26.8 Å². The summed E-state index contributed by atoms with van der Waals surface area (Å²) in [6, 6.07) is 21.6. The second kappa shape index (κ2) is 5.64. The van der Waals surface area contributed by atoms with Gasteiger partial charge >= 0.3 is 0 Å². The zero-order valence-corrected chi connectivity index (χ0v) is 14.7. The van der Waals surface area contributed by atoms with Gasteiger partial charge in [0.25, 0.3) is 0 Å². The molecule has 3 aromatic heterocycles. The van der Waals surface area contributed by atoms with Crippen molar-refractivity contribution in [3.63, 3.8) is 0 Å². The topological polar surface area (TPSA) is 31.6 Å². The minimum Gasteiger partial charge on any atom is -0.361 e. The summed E-state index contributed by atoms with van der Waals surface area (Å²) in [6.07, 6.45) is 4.35. The maximum atomic E-state index is 3.45. The summed E-state index contributed by atoms with van der Waals surface area (Å²) in [5.41, 5.74) is 5.05. The highest BCUT2D eigenvalue weighted by molar-refractivity contribution is 7.12. The van der Waals surface area contributed by atoms with E-state index in [1.54, 1.807) is 0 Å². The molecule has 25 heavy (non-hydrogen) atoms. The highest BCUT2D eigenvalue weighted by Crippen LogP contribution is 2.41. The first-order chi connectivity index (χ1) is 12.3. The van der Waals surface area contributed by atoms with E-state index in [1.165, 1.54) is 42.7 Å². The summed E-state index contributed by atoms with van der Waals surface area (Å²) in [4.78, 5) is 9.63. The molecule has 5 rings (SSSR count). The van der Waals surface area contributed by atoms with Gasteiger partial charge in [0, 0.05) is 49.9 Å². The normalized spacial score (nSPS) is 11.8. The largest absolute Gasteiger partial charge is 0.361 e. The summed E-state index contributed by atoms with van der Waals surface area (Å²) in [5.74, 6) is 0.228. The minimum atomic E-state index is 0.228. The molecule has 2 N–H and O–H groups in total. The number of aromatic nitrogens is 2. The average Bonchev–Trinajstić information content (AvgIpc) is 3.36. The van der Waals surface area contributed by atoms with Crippen LogP contribution in [0.4, 0.5) is 0 Å². The number of nitrogens with one attached hydrogen (secondary N) is 2. The number of rotatable bonds is 3. The summed E-state index contributed by atoms with van der Waals surface area (Å²) in [7, 11) is 0. The van der Waals surface area contributed by atoms with Gasteiger partial charge in [0.2, 0.25) is 0 Å². The maximum Gasteiger partial charge on any atom is 0.0476 e. The van der Waals surface area contributed by atoms with Crippen LogP contribution in [0.3, 0.4) is 0 Å². The van der Waals surface area contributed by atoms with Crippen LogP contribution in [0.5, 0.6) is 0 Å². The van der Waals surface area contributed by atoms with Crippen molar-refractivity contribution in [3.8, 4) is 0 Å². The predicted octanol–water partition coefficient (Wildman–Crippen LogP) is 6.20. The Bertz CT molecular complexity index is 1100. The molecule has 0 fully saturated rings. The molecule has 3 heterocycles. The summed E-state index contributed by atoms with van der Waals surface area (Å²) in [5, 5.41) is 2.59. The second-order valence-electron chi connectivity index (χ2n) is 6.46. The van der Waals surface area contributed by atoms with Crippen molar-refractivity contribution in [1.29, 1.82) is 0 Å². The van der Waals surface area contributed by atoms with Gasteiger partial charge in [0.05, 0.1) is 0 Å². The van der Waals surface area contributed by atoms with Gasteiger partial charge in [0.15, 0.2) is 0 Å². The van der Waals surface area contributed by atoms with Crippen LogP contribution >= 0.6 is 11.3 Å². The lowest BCUT2D eigenvalue weighted by Gasteiger charge is -2.15. The highest BCUT2D eigenvalue weighted by atomic mass is 32.1. The van der Waals surface area contributed by atoms with Gasteiger partial charge in [-0.2, -0.15) is 0 Å². The molecule has 0 aliphatic carbocycles. The third-order valence-electron chi connectivity index (χ3n) is 4.91. The second-order valence-corrected chi connectivity index (χ2v) is 7.78. The Morgan fingerprint density at radius 2 is 1.28 bits per heavy atom. The minimum absolute atomic E-state index is 0.228. The van der Waals surface area contributed by atoms with Crippen LogP contribution in [0.25, 0.3) is 21.8 Å². The lowest BCUT2D eigenvalue weighted by Crippen LogP contribution is -2.00. The van der Waals surface area contributed by atoms with E-state index in [4.69, 9.17) is 0 Å². The lowest BCUT2D eigenvalue weighted by atomic mass is 9.89. The molecule has 2 nitrogen and oxygen atoms in total. The van der Waals surface area contributed by atoms with Crippen LogP contribution in [-0.4, -0.2) is 9.97 Å². The maximum absolute atomic E-state index is 3.45. The van der Waals surface area contributed by atoms with E-state index in [-0.39, 0.29) is 5.92 Å². The molecule has 2 aromatic carbocycles. The molecule has 122 valence electrons. The first-order valence-electron chi connectivity index (χ1n) is 8.49. The van der Waals surface area contributed by atoms with Crippen LogP contribution in [0, 0.1) is 6.92 Å². The SMILES string of the molecule is Cc1ccc(C(c2c[nH]c3ccccc23)c2c[nH]c3ccccc23)s1. The van der Waals surface area contributed by atoms with Crippen LogP contribution < -0.4 is 0 Å². The van der Waals surface area contributed by atoms with E-state index in [9.17, 15) is 0 Å². The number of hydrogen-bond donors (Lipinski definition) is 2. The average molecular weight is 342 g/mol. The molecule has 0 spiro atoms. The quantitative estimate of drug-likeness (QED) is 0.391. The molecule has 0 aliphatic rings. The number of para-hydroxylation sites is 2. The van der Waals surface area contributed by atoms with Crippen LogP contribution in [0.15, 0.2) is 73.1 Å². The van der Waals surface area contributed by atoms with Gasteiger partial charge in [-0.05, 0) is 42.3 Å². The first-order valence-corrected chi connectivity index (χ1v) is 9.31. The summed E-state index contributed by atoms with van der Waals surface area (Å²) >= 11 is 1.88. The van der Waals surface area contributed by atoms with Crippen molar-refractivity contribution in [2.24, 2.45) is 0 Å². The first kappa shape index (κ1) is 14.6. The Hall–Kier alpha value is -2.78. The molecule has 3 heteroatoms. The number of aromatic amines is 2. The fraction of sp³-hybridized carbons (Fsp3) is 0.0909. The van der Waals surface area contributed by atoms with E-state index in [0.717, 1.165) is 0 Å². The van der Waals surface area contributed by atoms with E-state index in [0.29, 0.717) is 0 Å². The Morgan fingerprint density at radius 3 is 1.80 bits per heavy atom. The fourth-order valence-corrected chi connectivity index (χ4v) is 4.76. The van der Waals surface area contributed by atoms with Crippen LogP contribution in [-0.2, 0) is 0 Å². The van der Waals surface area contributed by atoms with Gasteiger partial charge in [0.1, 0.15) is 0 Å². The lowest BCUT2D eigenvalue weighted by molar-refractivity contribution is 1.03. The third-order valence-corrected chi connectivity index (χ3v) is 5.98. The Morgan fingerprint density at radius 1 is 0.720 bits per heavy atom. The van der Waals surface area contributed by atoms with E-state index < -0.39 is 0 Å². The number of hydrogen-bond acceptors (Lipinski definition) is 1. The van der Waals surface area contributed by atoms with Gasteiger partial charge in [-0.3, -0.25) is 0 Å². The molecule has 0 saturated carbocycles. The number of H-pyrrole nitrogens is 2.